The van der Waals surface area contributed by atoms with E-state index >= 15 is 0 Å². The zero-order valence-electron chi connectivity index (χ0n) is 5.60. The van der Waals surface area contributed by atoms with Gasteiger partial charge in [-0.25, -0.2) is 4.68 Å². The lowest BCUT2D eigenvalue weighted by molar-refractivity contribution is -0.138. The molecular formula is C6H6N2O3. The predicted molar refractivity (Wildman–Crippen MR) is 36.1 cm³/mol. The molecule has 0 unspecified atom stereocenters. The van der Waals surface area contributed by atoms with Crippen LogP contribution in [0.4, 0.5) is 0 Å². The second-order valence-corrected chi connectivity index (χ2v) is 1.91. The van der Waals surface area contributed by atoms with Crippen LogP contribution in [0.3, 0.4) is 0 Å². The minimum atomic E-state index is -1.08. The van der Waals surface area contributed by atoms with E-state index in [-0.39, 0.29) is 6.54 Å². The fraction of sp³-hybridized carbons (Fsp3) is 0.167. The van der Waals surface area contributed by atoms with Gasteiger partial charge in [-0.15, -0.1) is 0 Å². The molecule has 0 aliphatic heterocycles. The topological polar surface area (TPSA) is 72.2 Å². The van der Waals surface area contributed by atoms with Gasteiger partial charge in [-0.1, -0.05) is 0 Å². The molecule has 0 aliphatic rings. The lowest BCUT2D eigenvalue weighted by Crippen LogP contribution is -2.24. The van der Waals surface area contributed by atoms with Crippen molar-refractivity contribution in [2.24, 2.45) is 0 Å². The van der Waals surface area contributed by atoms with Crippen LogP contribution in [-0.4, -0.2) is 20.9 Å². The van der Waals surface area contributed by atoms with Crippen LogP contribution in [0.25, 0.3) is 0 Å². The van der Waals surface area contributed by atoms with E-state index in [1.165, 1.54) is 18.3 Å². The molecule has 0 fully saturated rings. The largest absolute Gasteiger partial charge is 0.480 e. The highest BCUT2D eigenvalue weighted by atomic mass is 16.4. The van der Waals surface area contributed by atoms with Crippen LogP contribution >= 0.6 is 0 Å². The highest BCUT2D eigenvalue weighted by Gasteiger charge is 1.99. The SMILES string of the molecule is O=C(O)Cn1ncccc1=O. The van der Waals surface area contributed by atoms with E-state index in [0.717, 1.165) is 4.68 Å². The summed E-state index contributed by atoms with van der Waals surface area (Å²) in [6.45, 7) is -0.389. The number of carboxylic acids is 1. The Bertz CT molecular complexity index is 318. The van der Waals surface area contributed by atoms with E-state index in [1.807, 2.05) is 0 Å². The van der Waals surface area contributed by atoms with Crippen LogP contribution in [0.15, 0.2) is 23.1 Å². The Balaban J connectivity index is 2.95. The summed E-state index contributed by atoms with van der Waals surface area (Å²) < 4.78 is 0.877. The van der Waals surface area contributed by atoms with Gasteiger partial charge >= 0.3 is 5.97 Å². The van der Waals surface area contributed by atoms with Crippen LogP contribution < -0.4 is 5.56 Å². The fourth-order valence-electron chi connectivity index (χ4n) is 0.634. The molecule has 0 bridgehead atoms. The average molecular weight is 154 g/mol. The Kier molecular flexibility index (Phi) is 2.00. The van der Waals surface area contributed by atoms with Gasteiger partial charge in [-0.05, 0) is 6.07 Å². The summed E-state index contributed by atoms with van der Waals surface area (Å²) in [5, 5.41) is 11.8. The fourth-order valence-corrected chi connectivity index (χ4v) is 0.634. The first-order valence-electron chi connectivity index (χ1n) is 2.94. The third-order valence-corrected chi connectivity index (χ3v) is 1.07. The number of hydrogen-bond donors (Lipinski definition) is 1. The Labute approximate surface area is 61.9 Å². The molecule has 58 valence electrons. The molecule has 1 N–H and O–H groups in total. The van der Waals surface area contributed by atoms with Gasteiger partial charge in [-0.2, -0.15) is 5.10 Å². The first-order valence-corrected chi connectivity index (χ1v) is 2.94. The summed E-state index contributed by atoms with van der Waals surface area (Å²) in [6, 6.07) is 2.72. The number of carboxylic acid groups (broad SMARTS) is 1. The summed E-state index contributed by atoms with van der Waals surface area (Å²) in [7, 11) is 0. The Morgan fingerprint density at radius 1 is 1.73 bits per heavy atom. The standard InChI is InChI=1S/C6H6N2O3/c9-5-2-1-3-7-8(5)4-6(10)11/h1-3H,4H2,(H,10,11). The number of aromatic nitrogens is 2. The summed E-state index contributed by atoms with van der Waals surface area (Å²) >= 11 is 0. The van der Waals surface area contributed by atoms with Gasteiger partial charge in [0.15, 0.2) is 0 Å². The molecule has 0 saturated carbocycles. The molecule has 1 aromatic heterocycles. The molecule has 0 radical (unpaired) electrons. The number of nitrogens with zero attached hydrogens (tertiary/aromatic N) is 2. The molecule has 1 aromatic rings. The first-order chi connectivity index (χ1) is 5.20. The molecule has 1 heterocycles. The van der Waals surface area contributed by atoms with Crippen molar-refractivity contribution in [2.75, 3.05) is 0 Å². The Hall–Kier alpha value is -1.65. The van der Waals surface area contributed by atoms with Gasteiger partial charge in [0.25, 0.3) is 5.56 Å². The molecule has 0 saturated heterocycles. The molecule has 5 nitrogen and oxygen atoms in total. The molecule has 5 heteroatoms. The maximum atomic E-state index is 10.8. The average Bonchev–Trinajstić information content (AvgIpc) is 1.93. The second kappa shape index (κ2) is 2.96. The molecule has 11 heavy (non-hydrogen) atoms. The second-order valence-electron chi connectivity index (χ2n) is 1.91. The van der Waals surface area contributed by atoms with Crippen LogP contribution in [0.2, 0.25) is 0 Å². The zero-order valence-corrected chi connectivity index (χ0v) is 5.60. The van der Waals surface area contributed by atoms with Crippen molar-refractivity contribution in [1.82, 2.24) is 9.78 Å². The van der Waals surface area contributed by atoms with Crippen molar-refractivity contribution in [2.45, 2.75) is 6.54 Å². The van der Waals surface area contributed by atoms with Crippen molar-refractivity contribution in [3.05, 3.63) is 28.7 Å². The lowest BCUT2D eigenvalue weighted by atomic mass is 10.5. The monoisotopic (exact) mass is 154 g/mol. The normalized spacial score (nSPS) is 9.45. The molecule has 0 atom stereocenters. The summed E-state index contributed by atoms with van der Waals surface area (Å²) in [5.74, 6) is -1.08. The molecule has 0 spiro atoms. The van der Waals surface area contributed by atoms with Crippen molar-refractivity contribution in [1.29, 1.82) is 0 Å². The van der Waals surface area contributed by atoms with E-state index in [2.05, 4.69) is 5.10 Å². The van der Waals surface area contributed by atoms with Gasteiger partial charge in [0.2, 0.25) is 0 Å². The Morgan fingerprint density at radius 2 is 2.45 bits per heavy atom. The highest BCUT2D eigenvalue weighted by molar-refractivity contribution is 5.66. The van der Waals surface area contributed by atoms with E-state index in [4.69, 9.17) is 5.11 Å². The summed E-state index contributed by atoms with van der Waals surface area (Å²) in [6.07, 6.45) is 1.37. The molecular weight excluding hydrogens is 148 g/mol. The van der Waals surface area contributed by atoms with E-state index in [0.29, 0.717) is 0 Å². The maximum absolute atomic E-state index is 10.8. The smallest absolute Gasteiger partial charge is 0.325 e. The van der Waals surface area contributed by atoms with Gasteiger partial charge in [-0.3, -0.25) is 9.59 Å². The molecule has 0 amide bonds. The minimum Gasteiger partial charge on any atom is -0.480 e. The van der Waals surface area contributed by atoms with Gasteiger partial charge < -0.3 is 5.11 Å². The van der Waals surface area contributed by atoms with Crippen LogP contribution in [0.5, 0.6) is 0 Å². The summed E-state index contributed by atoms with van der Waals surface area (Å²) in [4.78, 5) is 20.9. The van der Waals surface area contributed by atoms with Crippen LogP contribution in [-0.2, 0) is 11.3 Å². The maximum Gasteiger partial charge on any atom is 0.325 e. The van der Waals surface area contributed by atoms with Crippen molar-refractivity contribution in [3.63, 3.8) is 0 Å². The summed E-state index contributed by atoms with van der Waals surface area (Å²) in [5.41, 5.74) is -0.408. The van der Waals surface area contributed by atoms with Gasteiger partial charge in [0, 0.05) is 12.3 Å². The number of hydrogen-bond acceptors (Lipinski definition) is 3. The quantitative estimate of drug-likeness (QED) is 0.613. The lowest BCUT2D eigenvalue weighted by Gasteiger charge is -1.96. The van der Waals surface area contributed by atoms with Crippen LogP contribution in [0.1, 0.15) is 0 Å². The zero-order chi connectivity index (χ0) is 8.27. The van der Waals surface area contributed by atoms with Crippen LogP contribution in [0, 0.1) is 0 Å². The minimum absolute atomic E-state index is 0.389. The molecule has 0 aromatic carbocycles. The van der Waals surface area contributed by atoms with Crippen molar-refractivity contribution < 1.29 is 9.90 Å². The van der Waals surface area contributed by atoms with Gasteiger partial charge in [0.05, 0.1) is 0 Å². The first kappa shape index (κ1) is 7.46. The van der Waals surface area contributed by atoms with E-state index in [9.17, 15) is 9.59 Å². The molecule has 1 rings (SSSR count). The van der Waals surface area contributed by atoms with Crippen molar-refractivity contribution >= 4 is 5.97 Å². The number of aliphatic carboxylic acids is 1. The highest BCUT2D eigenvalue weighted by Crippen LogP contribution is 1.75. The number of rotatable bonds is 2. The van der Waals surface area contributed by atoms with Crippen molar-refractivity contribution in [3.8, 4) is 0 Å². The third kappa shape index (κ3) is 1.89. The van der Waals surface area contributed by atoms with E-state index < -0.39 is 11.5 Å². The number of carbonyl (C=O) groups is 1. The van der Waals surface area contributed by atoms with E-state index in [1.54, 1.807) is 0 Å². The van der Waals surface area contributed by atoms with Gasteiger partial charge in [0.1, 0.15) is 6.54 Å². The molecule has 0 aliphatic carbocycles. The third-order valence-electron chi connectivity index (χ3n) is 1.07. The predicted octanol–water partition coefficient (Wildman–Crippen LogP) is -0.672. The Morgan fingerprint density at radius 3 is 3.00 bits per heavy atom.